The van der Waals surface area contributed by atoms with Crippen molar-refractivity contribution in [2.75, 3.05) is 32.8 Å². The summed E-state index contributed by atoms with van der Waals surface area (Å²) in [4.78, 5) is 2.37. The highest BCUT2D eigenvalue weighted by Gasteiger charge is 2.26. The van der Waals surface area contributed by atoms with Gasteiger partial charge in [-0.3, -0.25) is 4.90 Å². The van der Waals surface area contributed by atoms with Crippen LogP contribution in [0.15, 0.2) is 47.4 Å². The minimum absolute atomic E-state index is 0.0616. The van der Waals surface area contributed by atoms with E-state index in [1.54, 1.807) is 18.2 Å². The van der Waals surface area contributed by atoms with Gasteiger partial charge in [-0.2, -0.15) is 0 Å². The van der Waals surface area contributed by atoms with Crippen molar-refractivity contribution in [2.24, 2.45) is 0 Å². The van der Waals surface area contributed by atoms with Gasteiger partial charge in [0.25, 0.3) is 0 Å². The van der Waals surface area contributed by atoms with Gasteiger partial charge in [0.05, 0.1) is 18.2 Å². The topological polar surface area (TPSA) is 58.6 Å². The normalized spacial score (nSPS) is 17.0. The lowest BCUT2D eigenvalue weighted by Gasteiger charge is -2.35. The third-order valence-electron chi connectivity index (χ3n) is 4.79. The van der Waals surface area contributed by atoms with Crippen molar-refractivity contribution in [3.63, 3.8) is 0 Å². The largest absolute Gasteiger partial charge is 0.379 e. The molecule has 1 unspecified atom stereocenters. The van der Waals surface area contributed by atoms with Gasteiger partial charge < -0.3 is 4.74 Å². The maximum Gasteiger partial charge on any atom is 0.242 e. The van der Waals surface area contributed by atoms with E-state index in [2.05, 4.69) is 21.8 Å². The van der Waals surface area contributed by atoms with Gasteiger partial charge in [-0.25, -0.2) is 13.1 Å². The predicted octanol–water partition coefficient (Wildman–Crippen LogP) is 3.31. The Morgan fingerprint density at radius 1 is 1.07 bits per heavy atom. The highest BCUT2D eigenvalue weighted by molar-refractivity contribution is 7.89. The Morgan fingerprint density at radius 2 is 1.70 bits per heavy atom. The van der Waals surface area contributed by atoms with Crippen LogP contribution in [0.5, 0.6) is 0 Å². The van der Waals surface area contributed by atoms with Crippen LogP contribution in [-0.4, -0.2) is 46.2 Å². The SMILES string of the molecule is Cc1ccc(C(CNS(=O)(=O)c2ccc(C)cc2Cl)N2CCOCC2)cc1. The van der Waals surface area contributed by atoms with Crippen molar-refractivity contribution in [2.45, 2.75) is 24.8 Å². The zero-order chi connectivity index (χ0) is 19.4. The average Bonchev–Trinajstić information content (AvgIpc) is 2.64. The summed E-state index contributed by atoms with van der Waals surface area (Å²) in [5, 5.41) is 0.237. The molecule has 146 valence electrons. The van der Waals surface area contributed by atoms with Crippen LogP contribution in [0.1, 0.15) is 22.7 Å². The number of nitrogens with one attached hydrogen (secondary N) is 1. The zero-order valence-electron chi connectivity index (χ0n) is 15.6. The van der Waals surface area contributed by atoms with Gasteiger partial charge in [-0.05, 0) is 37.1 Å². The summed E-state index contributed by atoms with van der Waals surface area (Å²) < 4.78 is 33.8. The van der Waals surface area contributed by atoms with Crippen molar-refractivity contribution in [1.82, 2.24) is 9.62 Å². The van der Waals surface area contributed by atoms with Gasteiger partial charge >= 0.3 is 0 Å². The number of ether oxygens (including phenoxy) is 1. The molecular weight excluding hydrogens is 384 g/mol. The minimum Gasteiger partial charge on any atom is -0.379 e. The first kappa shape index (κ1) is 20.3. The molecule has 1 saturated heterocycles. The summed E-state index contributed by atoms with van der Waals surface area (Å²) in [5.41, 5.74) is 3.18. The van der Waals surface area contributed by atoms with E-state index in [1.807, 2.05) is 26.0 Å². The summed E-state index contributed by atoms with van der Waals surface area (Å²) in [6.45, 7) is 7.03. The molecule has 3 rings (SSSR count). The van der Waals surface area contributed by atoms with E-state index in [0.29, 0.717) is 13.2 Å². The first-order valence-corrected chi connectivity index (χ1v) is 10.9. The minimum atomic E-state index is -3.70. The third-order valence-corrected chi connectivity index (χ3v) is 6.70. The summed E-state index contributed by atoms with van der Waals surface area (Å²) in [7, 11) is -3.70. The average molecular weight is 409 g/mol. The number of hydrogen-bond donors (Lipinski definition) is 1. The van der Waals surface area contributed by atoms with Crippen LogP contribution in [0, 0.1) is 13.8 Å². The number of sulfonamides is 1. The summed E-state index contributed by atoms with van der Waals surface area (Å²) in [6, 6.07) is 13.1. The maximum absolute atomic E-state index is 12.8. The Bertz CT molecular complexity index is 879. The molecule has 1 heterocycles. The molecule has 1 atom stereocenters. The molecule has 0 saturated carbocycles. The summed E-state index contributed by atoms with van der Waals surface area (Å²) in [6.07, 6.45) is 0. The van der Waals surface area contributed by atoms with Crippen LogP contribution < -0.4 is 4.72 Å². The number of aryl methyl sites for hydroxylation is 2. The Labute approximate surface area is 166 Å². The molecule has 1 aliphatic rings. The predicted molar refractivity (Wildman–Crippen MR) is 108 cm³/mol. The second kappa shape index (κ2) is 8.71. The van der Waals surface area contributed by atoms with Crippen LogP contribution >= 0.6 is 11.6 Å². The molecule has 5 nitrogen and oxygen atoms in total. The van der Waals surface area contributed by atoms with Crippen LogP contribution in [0.25, 0.3) is 0 Å². The van der Waals surface area contributed by atoms with E-state index in [-0.39, 0.29) is 22.5 Å². The first-order chi connectivity index (χ1) is 12.9. The van der Waals surface area contributed by atoms with E-state index >= 15 is 0 Å². The van der Waals surface area contributed by atoms with Crippen molar-refractivity contribution >= 4 is 21.6 Å². The first-order valence-electron chi connectivity index (χ1n) is 9.01. The molecule has 2 aromatic rings. The number of morpholine rings is 1. The lowest BCUT2D eigenvalue weighted by Crippen LogP contribution is -2.43. The van der Waals surface area contributed by atoms with Gasteiger partial charge in [0.1, 0.15) is 4.90 Å². The van der Waals surface area contributed by atoms with Gasteiger partial charge in [0.15, 0.2) is 0 Å². The van der Waals surface area contributed by atoms with E-state index < -0.39 is 10.0 Å². The Morgan fingerprint density at radius 3 is 2.33 bits per heavy atom. The number of nitrogens with zero attached hydrogens (tertiary/aromatic N) is 1. The lowest BCUT2D eigenvalue weighted by atomic mass is 10.0. The Balaban J connectivity index is 1.82. The molecule has 0 bridgehead atoms. The van der Waals surface area contributed by atoms with E-state index in [1.165, 1.54) is 5.56 Å². The summed E-state index contributed by atoms with van der Waals surface area (Å²) >= 11 is 6.17. The monoisotopic (exact) mass is 408 g/mol. The molecule has 1 aliphatic heterocycles. The van der Waals surface area contributed by atoms with Crippen molar-refractivity contribution in [1.29, 1.82) is 0 Å². The molecule has 0 amide bonds. The van der Waals surface area contributed by atoms with Gasteiger partial charge in [-0.1, -0.05) is 47.5 Å². The lowest BCUT2D eigenvalue weighted by molar-refractivity contribution is 0.0172. The van der Waals surface area contributed by atoms with E-state index in [0.717, 1.165) is 24.2 Å². The Kier molecular flexibility index (Phi) is 6.55. The fraction of sp³-hybridized carbons (Fsp3) is 0.400. The van der Waals surface area contributed by atoms with E-state index in [9.17, 15) is 8.42 Å². The molecule has 1 N–H and O–H groups in total. The molecule has 0 radical (unpaired) electrons. The Hall–Kier alpha value is -1.44. The van der Waals surface area contributed by atoms with Crippen LogP contribution in [0.2, 0.25) is 5.02 Å². The van der Waals surface area contributed by atoms with Crippen molar-refractivity contribution < 1.29 is 13.2 Å². The fourth-order valence-electron chi connectivity index (χ4n) is 3.23. The second-order valence-corrected chi connectivity index (χ2v) is 9.00. The van der Waals surface area contributed by atoms with Gasteiger partial charge in [0, 0.05) is 25.7 Å². The van der Waals surface area contributed by atoms with Gasteiger partial charge in [0.2, 0.25) is 10.0 Å². The standard InChI is InChI=1S/C20H25ClN2O3S/c1-15-3-6-17(7-4-15)19(23-9-11-26-12-10-23)14-22-27(24,25)20-8-5-16(2)13-18(20)21/h3-8,13,19,22H,9-12,14H2,1-2H3. The number of rotatable bonds is 6. The molecule has 1 fully saturated rings. The van der Waals surface area contributed by atoms with Crippen LogP contribution in [0.4, 0.5) is 0 Å². The zero-order valence-corrected chi connectivity index (χ0v) is 17.2. The highest BCUT2D eigenvalue weighted by atomic mass is 35.5. The molecule has 0 aromatic heterocycles. The second-order valence-electron chi connectivity index (χ2n) is 6.86. The molecule has 0 spiro atoms. The van der Waals surface area contributed by atoms with Crippen molar-refractivity contribution in [3.8, 4) is 0 Å². The van der Waals surface area contributed by atoms with E-state index in [4.69, 9.17) is 16.3 Å². The fourth-order valence-corrected chi connectivity index (χ4v) is 4.86. The van der Waals surface area contributed by atoms with Crippen LogP contribution in [-0.2, 0) is 14.8 Å². The smallest absolute Gasteiger partial charge is 0.242 e. The number of halogens is 1. The molecule has 27 heavy (non-hydrogen) atoms. The molecular formula is C20H25ClN2O3S. The number of benzene rings is 2. The quantitative estimate of drug-likeness (QED) is 0.796. The molecule has 7 heteroatoms. The van der Waals surface area contributed by atoms with Crippen LogP contribution in [0.3, 0.4) is 0 Å². The maximum atomic E-state index is 12.8. The molecule has 0 aliphatic carbocycles. The van der Waals surface area contributed by atoms with Crippen molar-refractivity contribution in [3.05, 3.63) is 64.2 Å². The highest BCUT2D eigenvalue weighted by Crippen LogP contribution is 2.25. The van der Waals surface area contributed by atoms with Gasteiger partial charge in [-0.15, -0.1) is 0 Å². The summed E-state index contributed by atoms with van der Waals surface area (Å²) in [5.74, 6) is 0. The third kappa shape index (κ3) is 5.09. The number of hydrogen-bond acceptors (Lipinski definition) is 4. The molecule has 2 aromatic carbocycles.